The Morgan fingerprint density at radius 1 is 1.00 bits per heavy atom. The standard InChI is InChI=1S/C20H20N2O4S/c1-22(27(24,25)17-12-10-16(26-2)11-13-17)14-20(23)21-19-9-5-7-15-6-3-4-8-18(15)19/h3-13H,14H2,1-2H3,(H,21,23). The van der Waals surface area contributed by atoms with E-state index in [1.807, 2.05) is 36.4 Å². The van der Waals surface area contributed by atoms with Crippen LogP contribution in [0.3, 0.4) is 0 Å². The van der Waals surface area contributed by atoms with E-state index in [1.165, 1.54) is 26.3 Å². The number of fused-ring (bicyclic) bond motifs is 1. The summed E-state index contributed by atoms with van der Waals surface area (Å²) in [6.45, 7) is -0.294. The van der Waals surface area contributed by atoms with Gasteiger partial charge in [-0.05, 0) is 35.7 Å². The van der Waals surface area contributed by atoms with Crippen LogP contribution in [0.4, 0.5) is 5.69 Å². The van der Waals surface area contributed by atoms with Gasteiger partial charge < -0.3 is 10.1 Å². The minimum Gasteiger partial charge on any atom is -0.497 e. The number of benzene rings is 3. The van der Waals surface area contributed by atoms with Crippen molar-refractivity contribution in [3.8, 4) is 5.75 Å². The molecular weight excluding hydrogens is 364 g/mol. The van der Waals surface area contributed by atoms with Gasteiger partial charge in [0.05, 0.1) is 18.6 Å². The maximum absolute atomic E-state index is 12.6. The lowest BCUT2D eigenvalue weighted by Gasteiger charge is -2.17. The quantitative estimate of drug-likeness (QED) is 0.709. The summed E-state index contributed by atoms with van der Waals surface area (Å²) in [5.41, 5.74) is 0.647. The summed E-state index contributed by atoms with van der Waals surface area (Å²) in [4.78, 5) is 12.5. The van der Waals surface area contributed by atoms with Crippen molar-refractivity contribution >= 4 is 32.4 Å². The fourth-order valence-electron chi connectivity index (χ4n) is 2.74. The summed E-state index contributed by atoms with van der Waals surface area (Å²) >= 11 is 0. The number of rotatable bonds is 6. The number of amides is 1. The Morgan fingerprint density at radius 2 is 1.67 bits per heavy atom. The lowest BCUT2D eigenvalue weighted by atomic mass is 10.1. The Kier molecular flexibility index (Phi) is 5.43. The molecule has 1 amide bonds. The highest BCUT2D eigenvalue weighted by Gasteiger charge is 2.23. The summed E-state index contributed by atoms with van der Waals surface area (Å²) in [6.07, 6.45) is 0. The van der Waals surface area contributed by atoms with Crippen LogP contribution in [-0.2, 0) is 14.8 Å². The van der Waals surface area contributed by atoms with Gasteiger partial charge in [-0.1, -0.05) is 36.4 Å². The Hall–Kier alpha value is -2.90. The van der Waals surface area contributed by atoms with Crippen molar-refractivity contribution in [2.45, 2.75) is 4.90 Å². The zero-order chi connectivity index (χ0) is 19.4. The number of anilines is 1. The Bertz CT molecular complexity index is 1060. The second-order valence-electron chi connectivity index (χ2n) is 6.01. The van der Waals surface area contributed by atoms with Crippen LogP contribution in [0.25, 0.3) is 10.8 Å². The van der Waals surface area contributed by atoms with Crippen molar-refractivity contribution in [1.29, 1.82) is 0 Å². The summed E-state index contributed by atoms with van der Waals surface area (Å²) in [6, 6.07) is 19.3. The van der Waals surface area contributed by atoms with Crippen molar-refractivity contribution in [2.24, 2.45) is 0 Å². The van der Waals surface area contributed by atoms with Gasteiger partial charge in [0.15, 0.2) is 0 Å². The maximum Gasteiger partial charge on any atom is 0.243 e. The molecule has 0 atom stereocenters. The van der Waals surface area contributed by atoms with Crippen LogP contribution in [-0.4, -0.2) is 39.3 Å². The molecule has 0 heterocycles. The minimum absolute atomic E-state index is 0.101. The monoisotopic (exact) mass is 384 g/mol. The summed E-state index contributed by atoms with van der Waals surface area (Å²) < 4.78 is 31.3. The van der Waals surface area contributed by atoms with Gasteiger partial charge in [-0.25, -0.2) is 8.42 Å². The molecule has 0 aliphatic heterocycles. The fraction of sp³-hybridized carbons (Fsp3) is 0.150. The molecule has 0 aliphatic rings. The SMILES string of the molecule is COc1ccc(S(=O)(=O)N(C)CC(=O)Nc2cccc3ccccc23)cc1. The van der Waals surface area contributed by atoms with Crippen molar-refractivity contribution in [3.63, 3.8) is 0 Å². The Labute approximate surface area is 158 Å². The molecule has 0 unspecified atom stereocenters. The molecule has 1 N–H and O–H groups in total. The molecule has 7 heteroatoms. The zero-order valence-electron chi connectivity index (χ0n) is 15.0. The number of carbonyl (C=O) groups excluding carboxylic acids is 1. The first kappa shape index (κ1) is 18.9. The number of likely N-dealkylation sites (N-methyl/N-ethyl adjacent to an activating group) is 1. The molecule has 140 valence electrons. The summed E-state index contributed by atoms with van der Waals surface area (Å²) in [7, 11) is -0.892. The van der Waals surface area contributed by atoms with Crippen molar-refractivity contribution in [3.05, 3.63) is 66.7 Å². The molecule has 0 radical (unpaired) electrons. The maximum atomic E-state index is 12.6. The van der Waals surface area contributed by atoms with E-state index >= 15 is 0 Å². The van der Waals surface area contributed by atoms with E-state index in [0.29, 0.717) is 11.4 Å². The van der Waals surface area contributed by atoms with Gasteiger partial charge in [0.25, 0.3) is 0 Å². The van der Waals surface area contributed by atoms with Gasteiger partial charge in [-0.2, -0.15) is 4.31 Å². The Morgan fingerprint density at radius 3 is 2.37 bits per heavy atom. The molecule has 0 saturated heterocycles. The van der Waals surface area contributed by atoms with E-state index in [9.17, 15) is 13.2 Å². The van der Waals surface area contributed by atoms with Gasteiger partial charge >= 0.3 is 0 Å². The second kappa shape index (κ2) is 7.77. The van der Waals surface area contributed by atoms with E-state index in [0.717, 1.165) is 15.1 Å². The van der Waals surface area contributed by atoms with Crippen LogP contribution in [0.2, 0.25) is 0 Å². The first-order chi connectivity index (χ1) is 12.9. The molecule has 0 aromatic heterocycles. The normalized spacial score (nSPS) is 11.5. The number of hydrogen-bond donors (Lipinski definition) is 1. The topological polar surface area (TPSA) is 75.7 Å². The molecule has 3 rings (SSSR count). The van der Waals surface area contributed by atoms with Gasteiger partial charge in [0.2, 0.25) is 15.9 Å². The summed E-state index contributed by atoms with van der Waals surface area (Å²) in [5.74, 6) is 0.149. The third-order valence-corrected chi connectivity index (χ3v) is 6.02. The lowest BCUT2D eigenvalue weighted by Crippen LogP contribution is -2.35. The third-order valence-electron chi connectivity index (χ3n) is 4.20. The average molecular weight is 384 g/mol. The number of sulfonamides is 1. The minimum atomic E-state index is -3.78. The molecule has 3 aromatic carbocycles. The van der Waals surface area contributed by atoms with E-state index in [1.54, 1.807) is 18.2 Å². The summed E-state index contributed by atoms with van der Waals surface area (Å²) in [5, 5.41) is 4.68. The van der Waals surface area contributed by atoms with Crippen molar-refractivity contribution < 1.29 is 17.9 Å². The molecule has 27 heavy (non-hydrogen) atoms. The molecular formula is C20H20N2O4S. The predicted molar refractivity (Wildman–Crippen MR) is 105 cm³/mol. The van der Waals surface area contributed by atoms with E-state index in [4.69, 9.17) is 4.74 Å². The van der Waals surface area contributed by atoms with E-state index in [2.05, 4.69) is 5.32 Å². The van der Waals surface area contributed by atoms with Gasteiger partial charge in [-0.15, -0.1) is 0 Å². The highest BCUT2D eigenvalue weighted by atomic mass is 32.2. The van der Waals surface area contributed by atoms with E-state index < -0.39 is 15.9 Å². The van der Waals surface area contributed by atoms with Crippen molar-refractivity contribution in [2.75, 3.05) is 26.0 Å². The van der Waals surface area contributed by atoms with Crippen LogP contribution in [0, 0.1) is 0 Å². The smallest absolute Gasteiger partial charge is 0.243 e. The molecule has 6 nitrogen and oxygen atoms in total. The highest BCUT2D eigenvalue weighted by molar-refractivity contribution is 7.89. The zero-order valence-corrected chi connectivity index (χ0v) is 15.9. The third kappa shape index (κ3) is 4.10. The number of ether oxygens (including phenoxy) is 1. The largest absolute Gasteiger partial charge is 0.497 e. The van der Waals surface area contributed by atoms with Crippen molar-refractivity contribution in [1.82, 2.24) is 4.31 Å². The molecule has 0 saturated carbocycles. The highest BCUT2D eigenvalue weighted by Crippen LogP contribution is 2.23. The van der Waals surface area contributed by atoms with Crippen LogP contribution >= 0.6 is 0 Å². The van der Waals surface area contributed by atoms with E-state index in [-0.39, 0.29) is 11.4 Å². The first-order valence-electron chi connectivity index (χ1n) is 8.30. The Balaban J connectivity index is 1.74. The molecule has 0 fully saturated rings. The number of nitrogens with one attached hydrogen (secondary N) is 1. The lowest BCUT2D eigenvalue weighted by molar-refractivity contribution is -0.116. The fourth-order valence-corrected chi connectivity index (χ4v) is 3.87. The average Bonchev–Trinajstić information content (AvgIpc) is 2.68. The number of nitrogens with zero attached hydrogens (tertiary/aromatic N) is 1. The molecule has 3 aromatic rings. The van der Waals surface area contributed by atoms with Crippen LogP contribution < -0.4 is 10.1 Å². The van der Waals surface area contributed by atoms with Gasteiger partial charge in [0, 0.05) is 18.1 Å². The predicted octanol–water partition coefficient (Wildman–Crippen LogP) is 3.11. The number of carbonyl (C=O) groups is 1. The van der Waals surface area contributed by atoms with Crippen LogP contribution in [0.1, 0.15) is 0 Å². The molecule has 0 spiro atoms. The molecule has 0 bridgehead atoms. The number of hydrogen-bond acceptors (Lipinski definition) is 4. The second-order valence-corrected chi connectivity index (χ2v) is 8.06. The molecule has 0 aliphatic carbocycles. The first-order valence-corrected chi connectivity index (χ1v) is 9.74. The van der Waals surface area contributed by atoms with Gasteiger partial charge in [0.1, 0.15) is 5.75 Å². The van der Waals surface area contributed by atoms with Gasteiger partial charge in [-0.3, -0.25) is 4.79 Å². The number of methoxy groups -OCH3 is 1. The van der Waals surface area contributed by atoms with Crippen LogP contribution in [0.5, 0.6) is 5.75 Å². The van der Waals surface area contributed by atoms with Crippen LogP contribution in [0.15, 0.2) is 71.6 Å².